The molecule has 2 heterocycles. The molecule has 2 aromatic rings. The van der Waals surface area contributed by atoms with Crippen molar-refractivity contribution >= 4 is 30.7 Å². The van der Waals surface area contributed by atoms with Crippen LogP contribution in [-0.2, 0) is 11.3 Å². The molecule has 3 rings (SSSR count). The van der Waals surface area contributed by atoms with Crippen molar-refractivity contribution in [1.82, 2.24) is 15.2 Å². The van der Waals surface area contributed by atoms with Gasteiger partial charge in [-0.15, -0.1) is 24.8 Å². The average molecular weight is 383 g/mol. The van der Waals surface area contributed by atoms with E-state index in [1.165, 1.54) is 5.56 Å². The molecular formula is C18H24Cl2N4O. The molecule has 0 radical (unpaired) electrons. The van der Waals surface area contributed by atoms with Crippen LogP contribution in [-0.4, -0.2) is 41.5 Å². The Kier molecular flexibility index (Phi) is 8.86. The summed E-state index contributed by atoms with van der Waals surface area (Å²) in [6.07, 6.45) is 3.48. The standard InChI is InChI=1S/C18H22N4O.2ClH/c19-17-12-22(11-16(17)15-6-2-1-3-7-15)13-18(23)21-10-14-5-4-8-20-9-14;;/h1-9,16-17H,10-13,19H2,(H,21,23);2*1H/t16-,17+;;/m0../s1. The van der Waals surface area contributed by atoms with E-state index in [1.807, 2.05) is 30.3 Å². The summed E-state index contributed by atoms with van der Waals surface area (Å²) in [5.41, 5.74) is 8.51. The number of hydrogen-bond acceptors (Lipinski definition) is 4. The highest BCUT2D eigenvalue weighted by molar-refractivity contribution is 5.85. The van der Waals surface area contributed by atoms with Gasteiger partial charge in [0.15, 0.2) is 0 Å². The molecule has 1 saturated heterocycles. The molecule has 0 spiro atoms. The van der Waals surface area contributed by atoms with E-state index in [1.54, 1.807) is 12.4 Å². The van der Waals surface area contributed by atoms with E-state index in [0.29, 0.717) is 19.0 Å². The van der Waals surface area contributed by atoms with Gasteiger partial charge in [0.1, 0.15) is 0 Å². The van der Waals surface area contributed by atoms with Crippen molar-refractivity contribution in [3.63, 3.8) is 0 Å². The lowest BCUT2D eigenvalue weighted by Gasteiger charge is -2.15. The zero-order valence-electron chi connectivity index (χ0n) is 13.9. The molecule has 1 aliphatic heterocycles. The predicted octanol–water partition coefficient (Wildman–Crippen LogP) is 1.97. The van der Waals surface area contributed by atoms with Crippen molar-refractivity contribution in [2.75, 3.05) is 19.6 Å². The molecule has 1 amide bonds. The summed E-state index contributed by atoms with van der Waals surface area (Å²) in [6, 6.07) is 14.2. The van der Waals surface area contributed by atoms with Crippen LogP contribution in [0.15, 0.2) is 54.9 Å². The number of aromatic nitrogens is 1. The fraction of sp³-hybridized carbons (Fsp3) is 0.333. The predicted molar refractivity (Wildman–Crippen MR) is 104 cm³/mol. The fourth-order valence-corrected chi connectivity index (χ4v) is 3.06. The molecule has 1 fully saturated rings. The molecule has 3 N–H and O–H groups in total. The number of carbonyl (C=O) groups is 1. The lowest BCUT2D eigenvalue weighted by Crippen LogP contribution is -2.37. The summed E-state index contributed by atoms with van der Waals surface area (Å²) >= 11 is 0. The zero-order chi connectivity index (χ0) is 16.1. The molecule has 1 aromatic carbocycles. The Morgan fingerprint density at radius 2 is 1.92 bits per heavy atom. The minimum Gasteiger partial charge on any atom is -0.351 e. The summed E-state index contributed by atoms with van der Waals surface area (Å²) in [5.74, 6) is 0.317. The first-order valence-corrected chi connectivity index (χ1v) is 7.91. The molecular weight excluding hydrogens is 359 g/mol. The molecule has 136 valence electrons. The number of hydrogen-bond donors (Lipinski definition) is 2. The SMILES string of the molecule is Cl.Cl.N[C@@H]1CN(CC(=O)NCc2cccnc2)C[C@H]1c1ccccc1. The fourth-order valence-electron chi connectivity index (χ4n) is 3.06. The number of likely N-dealkylation sites (tertiary alicyclic amines) is 1. The number of nitrogens with one attached hydrogen (secondary N) is 1. The van der Waals surface area contributed by atoms with Gasteiger partial charge in [0, 0.05) is 44.0 Å². The molecule has 0 aliphatic carbocycles. The van der Waals surface area contributed by atoms with Crippen LogP contribution in [0.1, 0.15) is 17.0 Å². The van der Waals surface area contributed by atoms with Crippen LogP contribution in [0.25, 0.3) is 0 Å². The lowest BCUT2D eigenvalue weighted by atomic mass is 9.95. The number of nitrogens with zero attached hydrogens (tertiary/aromatic N) is 2. The highest BCUT2D eigenvalue weighted by Crippen LogP contribution is 2.25. The molecule has 1 aliphatic rings. The van der Waals surface area contributed by atoms with E-state index < -0.39 is 0 Å². The Morgan fingerprint density at radius 1 is 1.16 bits per heavy atom. The number of carbonyl (C=O) groups excluding carboxylic acids is 1. The quantitative estimate of drug-likeness (QED) is 0.828. The van der Waals surface area contributed by atoms with Crippen molar-refractivity contribution in [3.8, 4) is 0 Å². The maximum absolute atomic E-state index is 12.1. The second kappa shape index (κ2) is 10.4. The highest BCUT2D eigenvalue weighted by Gasteiger charge is 2.31. The molecule has 0 unspecified atom stereocenters. The summed E-state index contributed by atoms with van der Waals surface area (Å²) < 4.78 is 0. The monoisotopic (exact) mass is 382 g/mol. The second-order valence-electron chi connectivity index (χ2n) is 6.01. The van der Waals surface area contributed by atoms with Gasteiger partial charge in [0.25, 0.3) is 0 Å². The van der Waals surface area contributed by atoms with Crippen molar-refractivity contribution in [3.05, 3.63) is 66.0 Å². The van der Waals surface area contributed by atoms with Crippen LogP contribution < -0.4 is 11.1 Å². The van der Waals surface area contributed by atoms with Gasteiger partial charge in [-0.2, -0.15) is 0 Å². The van der Waals surface area contributed by atoms with Gasteiger partial charge in [-0.1, -0.05) is 36.4 Å². The van der Waals surface area contributed by atoms with Gasteiger partial charge in [-0.05, 0) is 17.2 Å². The van der Waals surface area contributed by atoms with Crippen LogP contribution >= 0.6 is 24.8 Å². The van der Waals surface area contributed by atoms with Crippen LogP contribution in [0.4, 0.5) is 0 Å². The van der Waals surface area contributed by atoms with E-state index in [0.717, 1.165) is 18.7 Å². The smallest absolute Gasteiger partial charge is 0.234 e. The van der Waals surface area contributed by atoms with Crippen LogP contribution in [0.5, 0.6) is 0 Å². The van der Waals surface area contributed by atoms with E-state index in [4.69, 9.17) is 5.73 Å². The van der Waals surface area contributed by atoms with Crippen LogP contribution in [0.3, 0.4) is 0 Å². The normalized spacial score (nSPS) is 19.6. The average Bonchev–Trinajstić information content (AvgIpc) is 2.95. The topological polar surface area (TPSA) is 71.2 Å². The summed E-state index contributed by atoms with van der Waals surface area (Å²) in [6.45, 7) is 2.47. The molecule has 7 heteroatoms. The number of rotatable bonds is 5. The van der Waals surface area contributed by atoms with E-state index in [9.17, 15) is 4.79 Å². The maximum Gasteiger partial charge on any atom is 0.234 e. The Balaban J connectivity index is 0.00000156. The number of pyridine rings is 1. The van der Waals surface area contributed by atoms with Gasteiger partial charge >= 0.3 is 0 Å². The molecule has 2 atom stereocenters. The van der Waals surface area contributed by atoms with E-state index in [-0.39, 0.29) is 36.8 Å². The van der Waals surface area contributed by atoms with Crippen LogP contribution in [0.2, 0.25) is 0 Å². The summed E-state index contributed by atoms with van der Waals surface area (Å²) in [4.78, 5) is 18.3. The zero-order valence-corrected chi connectivity index (χ0v) is 15.5. The Labute approximate surface area is 160 Å². The highest BCUT2D eigenvalue weighted by atomic mass is 35.5. The van der Waals surface area contributed by atoms with Crippen molar-refractivity contribution in [1.29, 1.82) is 0 Å². The van der Waals surface area contributed by atoms with Crippen LogP contribution in [0, 0.1) is 0 Å². The molecule has 5 nitrogen and oxygen atoms in total. The van der Waals surface area contributed by atoms with Crippen molar-refractivity contribution in [2.45, 2.75) is 18.5 Å². The van der Waals surface area contributed by atoms with Gasteiger partial charge in [0.2, 0.25) is 5.91 Å². The molecule has 25 heavy (non-hydrogen) atoms. The Morgan fingerprint density at radius 3 is 2.60 bits per heavy atom. The van der Waals surface area contributed by atoms with Crippen molar-refractivity contribution < 1.29 is 4.79 Å². The first kappa shape index (κ1) is 21.4. The third-order valence-electron chi connectivity index (χ3n) is 4.25. The van der Waals surface area contributed by atoms with E-state index in [2.05, 4.69) is 27.3 Å². The number of nitrogens with two attached hydrogens (primary N) is 1. The van der Waals surface area contributed by atoms with Gasteiger partial charge in [-0.25, -0.2) is 0 Å². The number of benzene rings is 1. The number of amides is 1. The minimum absolute atomic E-state index is 0. The van der Waals surface area contributed by atoms with Gasteiger partial charge in [0.05, 0.1) is 6.54 Å². The third-order valence-corrected chi connectivity index (χ3v) is 4.25. The molecule has 1 aromatic heterocycles. The number of halogens is 2. The first-order chi connectivity index (χ1) is 11.2. The lowest BCUT2D eigenvalue weighted by molar-refractivity contribution is -0.122. The minimum atomic E-state index is 0. The first-order valence-electron chi connectivity index (χ1n) is 7.91. The summed E-state index contributed by atoms with van der Waals surface area (Å²) in [7, 11) is 0. The Hall–Kier alpha value is -1.66. The largest absolute Gasteiger partial charge is 0.351 e. The van der Waals surface area contributed by atoms with E-state index >= 15 is 0 Å². The summed E-state index contributed by atoms with van der Waals surface area (Å²) in [5, 5.41) is 2.93. The van der Waals surface area contributed by atoms with Crippen molar-refractivity contribution in [2.24, 2.45) is 5.73 Å². The third kappa shape index (κ3) is 5.97. The molecule has 0 bridgehead atoms. The second-order valence-corrected chi connectivity index (χ2v) is 6.01. The van der Waals surface area contributed by atoms with Gasteiger partial charge in [-0.3, -0.25) is 14.7 Å². The maximum atomic E-state index is 12.1. The molecule has 0 saturated carbocycles. The van der Waals surface area contributed by atoms with Gasteiger partial charge < -0.3 is 11.1 Å². The Bertz CT molecular complexity index is 642.